The Morgan fingerprint density at radius 2 is 1.76 bits per heavy atom. The third-order valence-electron chi connectivity index (χ3n) is 2.55. The van der Waals surface area contributed by atoms with Crippen molar-refractivity contribution >= 4 is 26.7 Å². The van der Waals surface area contributed by atoms with Gasteiger partial charge in [0, 0.05) is 6.54 Å². The maximum atomic E-state index is 11.6. The van der Waals surface area contributed by atoms with E-state index in [2.05, 4.69) is 4.72 Å². The molecule has 0 fully saturated rings. The van der Waals surface area contributed by atoms with E-state index < -0.39 is 38.5 Å². The Balaban J connectivity index is 2.60. The zero-order valence-corrected chi connectivity index (χ0v) is 12.6. The van der Waals surface area contributed by atoms with Crippen molar-refractivity contribution in [3.63, 3.8) is 0 Å². The highest BCUT2D eigenvalue weighted by Crippen LogP contribution is 2.06. The number of thiol groups is 1. The predicted molar refractivity (Wildman–Crippen MR) is 76.7 cm³/mol. The van der Waals surface area contributed by atoms with Gasteiger partial charge in [0.25, 0.3) is 0 Å². The molecule has 0 aromatic heterocycles. The molecule has 1 atom stereocenters. The molecule has 1 aromatic rings. The van der Waals surface area contributed by atoms with E-state index >= 15 is 0 Å². The van der Waals surface area contributed by atoms with Crippen LogP contribution in [0.2, 0.25) is 0 Å². The van der Waals surface area contributed by atoms with Crippen LogP contribution in [0, 0.1) is 0 Å². The number of nitrogens with two attached hydrogens (primary N) is 1. The Morgan fingerprint density at radius 1 is 1.24 bits per heavy atom. The lowest BCUT2D eigenvalue weighted by Crippen LogP contribution is -2.41. The van der Waals surface area contributed by atoms with E-state index in [1.165, 1.54) is 0 Å². The number of carbonyl (C=O) groups is 1. The van der Waals surface area contributed by atoms with Gasteiger partial charge < -0.3 is 10.8 Å². The summed E-state index contributed by atoms with van der Waals surface area (Å²) >= 11 is 0. The van der Waals surface area contributed by atoms with Crippen LogP contribution >= 0.6 is 0 Å². The summed E-state index contributed by atoms with van der Waals surface area (Å²) in [6, 6.07) is 4.86. The molecule has 0 heterocycles. The van der Waals surface area contributed by atoms with Gasteiger partial charge in [0.05, 0.1) is 11.5 Å². The van der Waals surface area contributed by atoms with Crippen LogP contribution in [0.5, 0.6) is 0 Å². The van der Waals surface area contributed by atoms with Gasteiger partial charge >= 0.3 is 5.97 Å². The lowest BCUT2D eigenvalue weighted by Gasteiger charge is -2.09. The van der Waals surface area contributed by atoms with Crippen molar-refractivity contribution < 1.29 is 26.7 Å². The summed E-state index contributed by atoms with van der Waals surface area (Å²) in [5, 5.41) is 8.57. The number of hydrogen-bond acceptors (Lipinski definition) is 6. The fourth-order valence-electron chi connectivity index (χ4n) is 1.47. The maximum Gasteiger partial charge on any atom is 0.321 e. The molecule has 0 saturated heterocycles. The summed E-state index contributed by atoms with van der Waals surface area (Å²) in [6.45, 7) is -0.0293. The second kappa shape index (κ2) is 7.50. The molecule has 8 nitrogen and oxygen atoms in total. The van der Waals surface area contributed by atoms with Crippen LogP contribution < -0.4 is 10.5 Å². The largest absolute Gasteiger partial charge is 0.480 e. The van der Waals surface area contributed by atoms with Crippen LogP contribution in [0.15, 0.2) is 24.3 Å². The molecule has 0 saturated carbocycles. The first-order valence-corrected chi connectivity index (χ1v) is 8.86. The van der Waals surface area contributed by atoms with E-state index in [-0.39, 0.29) is 12.3 Å². The van der Waals surface area contributed by atoms with Gasteiger partial charge in [-0.3, -0.25) is 4.79 Å². The quantitative estimate of drug-likeness (QED) is 0.429. The van der Waals surface area contributed by atoms with E-state index in [0.29, 0.717) is 11.1 Å². The summed E-state index contributed by atoms with van der Waals surface area (Å²) in [5.74, 6) is -2.18. The Bertz CT molecular complexity index is 658. The van der Waals surface area contributed by atoms with Crippen molar-refractivity contribution in [1.29, 1.82) is 0 Å². The van der Waals surface area contributed by atoms with Crippen LogP contribution in [0.1, 0.15) is 11.1 Å². The minimum Gasteiger partial charge on any atom is -0.480 e. The van der Waals surface area contributed by atoms with Crippen LogP contribution in [0.4, 0.5) is 0 Å². The topological polar surface area (TPSA) is 144 Å². The fraction of sp³-hybridized carbons (Fsp3) is 0.364. The highest BCUT2D eigenvalue weighted by molar-refractivity contribution is 7.89. The van der Waals surface area contributed by atoms with Crippen LogP contribution in [0.25, 0.3) is 0 Å². The molecule has 4 N–H and O–H groups in total. The van der Waals surface area contributed by atoms with Crippen molar-refractivity contribution in [2.24, 2.45) is 5.73 Å². The highest BCUT2D eigenvalue weighted by Gasteiger charge is 2.20. The van der Waals surface area contributed by atoms with E-state index in [9.17, 15) is 21.6 Å². The van der Waals surface area contributed by atoms with E-state index in [1.807, 2.05) is 0 Å². The Kier molecular flexibility index (Phi) is 6.27. The van der Waals surface area contributed by atoms with Gasteiger partial charge in [-0.1, -0.05) is 24.3 Å². The van der Waals surface area contributed by atoms with Gasteiger partial charge in [-0.15, -0.1) is 0 Å². The first kappa shape index (κ1) is 17.6. The number of sulfonamides is 1. The van der Waals surface area contributed by atoms with E-state index in [4.69, 9.17) is 10.8 Å². The normalized spacial score (nSPS) is 13.2. The molecule has 0 radical (unpaired) electrons. The van der Waals surface area contributed by atoms with Crippen molar-refractivity contribution in [2.75, 3.05) is 5.75 Å². The minimum atomic E-state index is -3.81. The van der Waals surface area contributed by atoms with Gasteiger partial charge in [0.15, 0.2) is 0 Å². The van der Waals surface area contributed by atoms with Crippen LogP contribution in [0.3, 0.4) is 0 Å². The second-order valence-electron chi connectivity index (χ2n) is 4.35. The molecule has 21 heavy (non-hydrogen) atoms. The molecule has 0 aliphatic rings. The molecule has 0 unspecified atom stereocenters. The SMILES string of the molecule is N[C@@H](CS(=O)(=O)NCc1ccc(C[SH](=O)=O)cc1)C(=O)O. The molecule has 118 valence electrons. The molecule has 10 heteroatoms. The number of carboxylic acid groups (broad SMARTS) is 1. The molecule has 1 rings (SSSR count). The summed E-state index contributed by atoms with van der Waals surface area (Å²) in [5.41, 5.74) is 6.38. The summed E-state index contributed by atoms with van der Waals surface area (Å²) in [4.78, 5) is 10.5. The molecular weight excluding hydrogens is 320 g/mol. The number of rotatable bonds is 8. The Labute approximate surface area is 124 Å². The monoisotopic (exact) mass is 336 g/mol. The standard InChI is InChI=1S/C11H16N2O6S2/c12-10(11(14)15)7-21(18,19)13-5-8-1-3-9(4-2-8)6-20(16)17/h1-4,10,13,20H,5-7,12H2,(H,14,15)/t10-/m0/s1. The van der Waals surface area contributed by atoms with Gasteiger partial charge in [-0.05, 0) is 11.1 Å². The van der Waals surface area contributed by atoms with Gasteiger partial charge in [0.2, 0.25) is 10.0 Å². The molecule has 0 aliphatic carbocycles. The van der Waals surface area contributed by atoms with Crippen molar-refractivity contribution in [3.05, 3.63) is 35.4 Å². The fourth-order valence-corrected chi connectivity index (χ4v) is 3.10. The average molecular weight is 336 g/mol. The number of aliphatic carboxylic acids is 1. The Morgan fingerprint density at radius 3 is 2.24 bits per heavy atom. The van der Waals surface area contributed by atoms with Crippen LogP contribution in [-0.4, -0.2) is 39.7 Å². The van der Waals surface area contributed by atoms with Gasteiger partial charge in [0.1, 0.15) is 16.7 Å². The lowest BCUT2D eigenvalue weighted by atomic mass is 10.1. The first-order chi connectivity index (χ1) is 9.69. The molecule has 0 amide bonds. The summed E-state index contributed by atoms with van der Waals surface area (Å²) < 4.78 is 46.5. The number of carboxylic acids is 1. The highest BCUT2D eigenvalue weighted by atomic mass is 32.2. The summed E-state index contributed by atoms with van der Waals surface area (Å²) in [7, 11) is -6.32. The number of hydrogen-bond donors (Lipinski definition) is 4. The molecule has 0 bridgehead atoms. The Hall–Kier alpha value is -1.49. The predicted octanol–water partition coefficient (Wildman–Crippen LogP) is -1.37. The minimum absolute atomic E-state index is 0.0293. The molecule has 1 aromatic carbocycles. The smallest absolute Gasteiger partial charge is 0.321 e. The zero-order valence-electron chi connectivity index (χ0n) is 10.9. The van der Waals surface area contributed by atoms with Crippen LogP contribution in [-0.2, 0) is 37.8 Å². The molecule has 0 spiro atoms. The van der Waals surface area contributed by atoms with Crippen molar-refractivity contribution in [1.82, 2.24) is 4.72 Å². The lowest BCUT2D eigenvalue weighted by molar-refractivity contribution is -0.137. The summed E-state index contributed by atoms with van der Waals surface area (Å²) in [6.07, 6.45) is 0. The molecular formula is C11H16N2O6S2. The second-order valence-corrected chi connectivity index (χ2v) is 7.19. The van der Waals surface area contributed by atoms with Gasteiger partial charge in [-0.2, -0.15) is 0 Å². The number of nitrogens with one attached hydrogen (secondary N) is 1. The van der Waals surface area contributed by atoms with E-state index in [0.717, 1.165) is 0 Å². The molecule has 0 aliphatic heterocycles. The first-order valence-electron chi connectivity index (χ1n) is 5.85. The maximum absolute atomic E-state index is 11.6. The van der Waals surface area contributed by atoms with Crippen molar-refractivity contribution in [3.8, 4) is 0 Å². The van der Waals surface area contributed by atoms with Gasteiger partial charge in [-0.25, -0.2) is 21.6 Å². The van der Waals surface area contributed by atoms with Crippen molar-refractivity contribution in [2.45, 2.75) is 18.3 Å². The average Bonchev–Trinajstić information content (AvgIpc) is 2.36. The number of benzene rings is 1. The zero-order chi connectivity index (χ0) is 16.0. The van der Waals surface area contributed by atoms with E-state index in [1.54, 1.807) is 24.3 Å². The third-order valence-corrected chi connectivity index (χ3v) is 4.55. The third kappa shape index (κ3) is 6.67.